The Morgan fingerprint density at radius 2 is 1.71 bits per heavy atom. The lowest BCUT2D eigenvalue weighted by Crippen LogP contribution is -2.31. The third-order valence-corrected chi connectivity index (χ3v) is 5.44. The van der Waals surface area contributed by atoms with Crippen molar-refractivity contribution in [2.24, 2.45) is 0 Å². The molecule has 1 amide bonds. The number of rotatable bonds is 5. The molecule has 2 N–H and O–H groups in total. The van der Waals surface area contributed by atoms with Crippen LogP contribution in [0.2, 0.25) is 0 Å². The second kappa shape index (κ2) is 8.44. The van der Waals surface area contributed by atoms with Crippen LogP contribution < -0.4 is 10.9 Å². The fourth-order valence-corrected chi connectivity index (χ4v) is 3.68. The lowest BCUT2D eigenvalue weighted by molar-refractivity contribution is 0.0938. The number of pyridine rings is 1. The summed E-state index contributed by atoms with van der Waals surface area (Å²) in [5.74, 6) is -0.420. The molecular weight excluding hydrogens is 388 g/mol. The summed E-state index contributed by atoms with van der Waals surface area (Å²) in [6.45, 7) is 5.89. The molecular formula is C25H24N4O2. The third-order valence-electron chi connectivity index (χ3n) is 5.44. The second-order valence-electron chi connectivity index (χ2n) is 7.56. The van der Waals surface area contributed by atoms with E-state index in [-0.39, 0.29) is 11.6 Å². The molecule has 0 radical (unpaired) electrons. The number of para-hydroxylation sites is 1. The Morgan fingerprint density at radius 3 is 2.42 bits per heavy atom. The molecule has 2 aromatic heterocycles. The molecule has 0 fully saturated rings. The molecule has 0 aliphatic rings. The van der Waals surface area contributed by atoms with E-state index in [4.69, 9.17) is 0 Å². The summed E-state index contributed by atoms with van der Waals surface area (Å²) >= 11 is 0. The highest BCUT2D eigenvalue weighted by atomic mass is 16.2. The maximum Gasteiger partial charge on any atom is 0.261 e. The van der Waals surface area contributed by atoms with Gasteiger partial charge in [-0.1, -0.05) is 48.5 Å². The summed E-state index contributed by atoms with van der Waals surface area (Å²) in [6, 6.07) is 20.5. The fraction of sp³-hybridized carbons (Fsp3) is 0.160. The van der Waals surface area contributed by atoms with Gasteiger partial charge in [0.25, 0.3) is 11.5 Å². The van der Waals surface area contributed by atoms with E-state index >= 15 is 0 Å². The van der Waals surface area contributed by atoms with E-state index in [2.05, 4.69) is 15.4 Å². The van der Waals surface area contributed by atoms with Crippen molar-refractivity contribution in [2.45, 2.75) is 26.8 Å². The molecule has 0 saturated heterocycles. The highest BCUT2D eigenvalue weighted by Gasteiger charge is 2.19. The van der Waals surface area contributed by atoms with Crippen LogP contribution in [0.4, 0.5) is 0 Å². The van der Waals surface area contributed by atoms with E-state index in [1.54, 1.807) is 18.3 Å². The first-order chi connectivity index (χ1) is 15.0. The number of hydrogen-bond acceptors (Lipinski definition) is 3. The highest BCUT2D eigenvalue weighted by molar-refractivity contribution is 5.94. The maximum absolute atomic E-state index is 12.8. The smallest absolute Gasteiger partial charge is 0.261 e. The van der Waals surface area contributed by atoms with E-state index < -0.39 is 11.5 Å². The van der Waals surface area contributed by atoms with Crippen LogP contribution in [0.3, 0.4) is 0 Å². The minimum atomic E-state index is -0.420. The number of nitrogens with one attached hydrogen (secondary N) is 2. The number of aromatic nitrogens is 3. The number of aromatic amines is 1. The Bertz CT molecular complexity index is 1290. The number of nitrogens with zero attached hydrogens (tertiary/aromatic N) is 2. The molecule has 31 heavy (non-hydrogen) atoms. The Balaban J connectivity index is 1.54. The molecule has 0 aliphatic carbocycles. The quantitative estimate of drug-likeness (QED) is 0.512. The predicted molar refractivity (Wildman–Crippen MR) is 121 cm³/mol. The van der Waals surface area contributed by atoms with E-state index in [0.717, 1.165) is 28.1 Å². The van der Waals surface area contributed by atoms with Gasteiger partial charge in [-0.05, 0) is 50.1 Å². The Labute approximate surface area is 180 Å². The van der Waals surface area contributed by atoms with Crippen LogP contribution in [0.5, 0.6) is 0 Å². The Kier molecular flexibility index (Phi) is 5.54. The van der Waals surface area contributed by atoms with Gasteiger partial charge in [0.15, 0.2) is 0 Å². The molecule has 0 spiro atoms. The van der Waals surface area contributed by atoms with Gasteiger partial charge in [-0.2, -0.15) is 5.10 Å². The van der Waals surface area contributed by atoms with Crippen molar-refractivity contribution >= 4 is 5.91 Å². The normalized spacial score (nSPS) is 11.8. The summed E-state index contributed by atoms with van der Waals surface area (Å²) in [4.78, 5) is 28.1. The van der Waals surface area contributed by atoms with Gasteiger partial charge in [0, 0.05) is 17.0 Å². The standard InChI is InChI=1S/C25H24N4O2/c1-16-9-7-8-12-23(16)29-18(3)21(15-26-29)17(2)27-24(30)20-13-14-22(28-25(20)31)19-10-5-4-6-11-19/h4-15,17H,1-3H3,(H,27,30)(H,28,31). The van der Waals surface area contributed by atoms with E-state index in [1.807, 2.05) is 80.1 Å². The lowest BCUT2D eigenvalue weighted by atomic mass is 10.1. The number of benzene rings is 2. The Morgan fingerprint density at radius 1 is 1.00 bits per heavy atom. The summed E-state index contributed by atoms with van der Waals surface area (Å²) in [5.41, 5.74) is 5.17. The molecule has 1 atom stereocenters. The molecule has 4 rings (SSSR count). The molecule has 2 aromatic carbocycles. The van der Waals surface area contributed by atoms with Crippen LogP contribution in [0, 0.1) is 13.8 Å². The van der Waals surface area contributed by atoms with Crippen molar-refractivity contribution in [3.8, 4) is 16.9 Å². The zero-order chi connectivity index (χ0) is 22.0. The van der Waals surface area contributed by atoms with Crippen LogP contribution in [-0.2, 0) is 0 Å². The Hall–Kier alpha value is -3.93. The monoisotopic (exact) mass is 412 g/mol. The number of carbonyl (C=O) groups is 1. The van der Waals surface area contributed by atoms with Crippen molar-refractivity contribution in [1.29, 1.82) is 0 Å². The summed E-state index contributed by atoms with van der Waals surface area (Å²) in [6.07, 6.45) is 1.76. The average molecular weight is 412 g/mol. The van der Waals surface area contributed by atoms with E-state index in [9.17, 15) is 9.59 Å². The fourth-order valence-electron chi connectivity index (χ4n) is 3.68. The van der Waals surface area contributed by atoms with Crippen LogP contribution in [-0.4, -0.2) is 20.7 Å². The van der Waals surface area contributed by atoms with Crippen molar-refractivity contribution in [1.82, 2.24) is 20.1 Å². The molecule has 6 heteroatoms. The van der Waals surface area contributed by atoms with Crippen LogP contribution >= 0.6 is 0 Å². The lowest BCUT2D eigenvalue weighted by Gasteiger charge is -2.15. The minimum absolute atomic E-state index is 0.0791. The predicted octanol–water partition coefficient (Wildman–Crippen LogP) is 4.34. The third kappa shape index (κ3) is 4.05. The van der Waals surface area contributed by atoms with Gasteiger partial charge in [-0.15, -0.1) is 0 Å². The number of carbonyl (C=O) groups excluding carboxylic acids is 1. The van der Waals surface area contributed by atoms with Crippen molar-refractivity contribution < 1.29 is 4.79 Å². The molecule has 2 heterocycles. The van der Waals surface area contributed by atoms with Crippen molar-refractivity contribution in [3.63, 3.8) is 0 Å². The van der Waals surface area contributed by atoms with Gasteiger partial charge in [-0.25, -0.2) is 4.68 Å². The second-order valence-corrected chi connectivity index (χ2v) is 7.56. The first kappa shape index (κ1) is 20.3. The van der Waals surface area contributed by atoms with E-state index in [0.29, 0.717) is 5.69 Å². The van der Waals surface area contributed by atoms with Gasteiger partial charge in [-0.3, -0.25) is 9.59 Å². The maximum atomic E-state index is 12.8. The van der Waals surface area contributed by atoms with Crippen LogP contribution in [0.1, 0.15) is 40.1 Å². The van der Waals surface area contributed by atoms with Gasteiger partial charge in [0.2, 0.25) is 0 Å². The zero-order valence-corrected chi connectivity index (χ0v) is 17.7. The molecule has 0 aliphatic heterocycles. The molecule has 6 nitrogen and oxygen atoms in total. The number of aryl methyl sites for hydroxylation is 1. The highest BCUT2D eigenvalue weighted by Crippen LogP contribution is 2.22. The zero-order valence-electron chi connectivity index (χ0n) is 17.7. The number of amides is 1. The van der Waals surface area contributed by atoms with Crippen molar-refractivity contribution in [3.05, 3.63) is 106 Å². The minimum Gasteiger partial charge on any atom is -0.345 e. The first-order valence-electron chi connectivity index (χ1n) is 10.2. The summed E-state index contributed by atoms with van der Waals surface area (Å²) < 4.78 is 1.87. The van der Waals surface area contributed by atoms with Crippen molar-refractivity contribution in [2.75, 3.05) is 0 Å². The van der Waals surface area contributed by atoms with Crippen LogP contribution in [0.25, 0.3) is 16.9 Å². The topological polar surface area (TPSA) is 79.8 Å². The summed E-state index contributed by atoms with van der Waals surface area (Å²) in [5, 5.41) is 7.43. The molecule has 0 saturated carbocycles. The first-order valence-corrected chi connectivity index (χ1v) is 10.2. The molecule has 4 aromatic rings. The van der Waals surface area contributed by atoms with Gasteiger partial charge in [0.1, 0.15) is 5.56 Å². The molecule has 1 unspecified atom stereocenters. The SMILES string of the molecule is Cc1ccccc1-n1ncc(C(C)NC(=O)c2ccc(-c3ccccc3)[nH]c2=O)c1C. The van der Waals surface area contributed by atoms with Gasteiger partial charge < -0.3 is 10.3 Å². The average Bonchev–Trinajstić information content (AvgIpc) is 3.15. The van der Waals surface area contributed by atoms with Crippen LogP contribution in [0.15, 0.2) is 77.7 Å². The number of H-pyrrole nitrogens is 1. The molecule has 156 valence electrons. The summed E-state index contributed by atoms with van der Waals surface area (Å²) in [7, 11) is 0. The van der Waals surface area contributed by atoms with Gasteiger partial charge >= 0.3 is 0 Å². The molecule has 0 bridgehead atoms. The van der Waals surface area contributed by atoms with E-state index in [1.165, 1.54) is 0 Å². The largest absolute Gasteiger partial charge is 0.345 e. The van der Waals surface area contributed by atoms with Gasteiger partial charge in [0.05, 0.1) is 17.9 Å². The number of hydrogen-bond donors (Lipinski definition) is 2.